The largest absolute Gasteiger partial charge is 0.299 e. The number of hydrogen-bond acceptors (Lipinski definition) is 1. The number of hydrogen-bond donors (Lipinski definition) is 0. The molecule has 118 valence electrons. The monoisotopic (exact) mass is 288 g/mol. The zero-order chi connectivity index (χ0) is 16.0. The van der Waals surface area contributed by atoms with Crippen LogP contribution in [0.25, 0.3) is 0 Å². The van der Waals surface area contributed by atoms with E-state index in [1.807, 2.05) is 0 Å². The van der Waals surface area contributed by atoms with Gasteiger partial charge >= 0.3 is 0 Å². The van der Waals surface area contributed by atoms with Gasteiger partial charge < -0.3 is 0 Å². The van der Waals surface area contributed by atoms with Gasteiger partial charge in [-0.3, -0.25) is 4.79 Å². The molecule has 0 heterocycles. The molecule has 0 aliphatic heterocycles. The Balaban J connectivity index is 2.74. The van der Waals surface area contributed by atoms with Crippen molar-refractivity contribution < 1.29 is 4.79 Å². The summed E-state index contributed by atoms with van der Waals surface area (Å²) < 4.78 is 0. The first-order valence-electron chi connectivity index (χ1n) is 8.38. The number of rotatable bonds is 7. The third kappa shape index (κ3) is 5.65. The van der Waals surface area contributed by atoms with Crippen LogP contribution in [0, 0.1) is 13.8 Å². The highest BCUT2D eigenvalue weighted by atomic mass is 16.1. The normalized spacial score (nSPS) is 11.7. The van der Waals surface area contributed by atoms with Crippen LogP contribution in [0.3, 0.4) is 0 Å². The Bertz CT molecular complexity index is 454. The lowest BCUT2D eigenvalue weighted by atomic mass is 9.83. The zero-order valence-electron chi connectivity index (χ0n) is 14.8. The van der Waals surface area contributed by atoms with Crippen LogP contribution >= 0.6 is 0 Å². The lowest BCUT2D eigenvalue weighted by molar-refractivity contribution is -0.118. The fraction of sp³-hybridized carbons (Fsp3) is 0.650. The molecule has 0 saturated carbocycles. The first-order valence-corrected chi connectivity index (χ1v) is 8.38. The maximum atomic E-state index is 12.2. The number of carbonyl (C=O) groups excluding carboxylic acids is 1. The number of benzene rings is 1. The number of ketones is 1. The molecule has 0 bridgehead atoms. The summed E-state index contributed by atoms with van der Waals surface area (Å²) in [5.41, 5.74) is 5.29. The van der Waals surface area contributed by atoms with Gasteiger partial charge in [0.15, 0.2) is 0 Å². The Hall–Kier alpha value is -1.11. The van der Waals surface area contributed by atoms with Crippen LogP contribution in [-0.4, -0.2) is 5.78 Å². The molecule has 1 rings (SSSR count). The molecule has 0 unspecified atom stereocenters. The number of carbonyl (C=O) groups is 1. The van der Waals surface area contributed by atoms with Crippen molar-refractivity contribution in [1.82, 2.24) is 0 Å². The molecule has 21 heavy (non-hydrogen) atoms. The van der Waals surface area contributed by atoms with Gasteiger partial charge in [0.2, 0.25) is 0 Å². The lowest BCUT2D eigenvalue weighted by Crippen LogP contribution is -2.13. The highest BCUT2D eigenvalue weighted by Gasteiger charge is 2.17. The van der Waals surface area contributed by atoms with Gasteiger partial charge in [0.25, 0.3) is 0 Å². The van der Waals surface area contributed by atoms with Crippen LogP contribution in [0.1, 0.15) is 82.1 Å². The summed E-state index contributed by atoms with van der Waals surface area (Å²) in [6.07, 6.45) is 6.04. The molecular weight excluding hydrogens is 256 g/mol. The van der Waals surface area contributed by atoms with E-state index in [-0.39, 0.29) is 5.41 Å². The molecule has 0 atom stereocenters. The van der Waals surface area contributed by atoms with E-state index in [4.69, 9.17) is 0 Å². The summed E-state index contributed by atoms with van der Waals surface area (Å²) in [4.78, 5) is 12.2. The lowest BCUT2D eigenvalue weighted by Gasteiger charge is -2.22. The van der Waals surface area contributed by atoms with E-state index in [2.05, 4.69) is 53.7 Å². The maximum absolute atomic E-state index is 12.2. The maximum Gasteiger partial charge on any atom is 0.137 e. The Labute approximate surface area is 131 Å². The van der Waals surface area contributed by atoms with Gasteiger partial charge in [0, 0.05) is 12.8 Å². The molecule has 0 aliphatic carbocycles. The number of unbranched alkanes of at least 4 members (excludes halogenated alkanes) is 3. The van der Waals surface area contributed by atoms with Gasteiger partial charge in [-0.2, -0.15) is 0 Å². The number of Topliss-reactive ketones (excluding diaryl/α,β-unsaturated/α-hetero) is 1. The van der Waals surface area contributed by atoms with Crippen LogP contribution in [-0.2, 0) is 16.6 Å². The van der Waals surface area contributed by atoms with Gasteiger partial charge in [-0.05, 0) is 47.9 Å². The van der Waals surface area contributed by atoms with E-state index in [0.717, 1.165) is 12.8 Å². The molecule has 1 nitrogen and oxygen atoms in total. The van der Waals surface area contributed by atoms with Crippen molar-refractivity contribution in [3.05, 3.63) is 34.4 Å². The minimum Gasteiger partial charge on any atom is -0.299 e. The predicted molar refractivity (Wildman–Crippen MR) is 92.1 cm³/mol. The number of aryl methyl sites for hydroxylation is 2. The van der Waals surface area contributed by atoms with Crippen molar-refractivity contribution in [2.24, 2.45) is 0 Å². The topological polar surface area (TPSA) is 17.1 Å². The minimum atomic E-state index is 0.165. The highest BCUT2D eigenvalue weighted by Crippen LogP contribution is 2.27. The zero-order valence-corrected chi connectivity index (χ0v) is 14.8. The molecular formula is C20H32O. The Kier molecular flexibility index (Phi) is 6.64. The molecule has 0 N–H and O–H groups in total. The average Bonchev–Trinajstić information content (AvgIpc) is 2.37. The first kappa shape index (κ1) is 17.9. The third-order valence-corrected chi connectivity index (χ3v) is 4.25. The predicted octanol–water partition coefficient (Wildman–Crippen LogP) is 5.68. The second-order valence-electron chi connectivity index (χ2n) is 7.36. The first-order chi connectivity index (χ1) is 9.75. The van der Waals surface area contributed by atoms with Crippen molar-refractivity contribution in [3.8, 4) is 0 Å². The Morgan fingerprint density at radius 1 is 1.00 bits per heavy atom. The molecule has 0 aromatic heterocycles. The van der Waals surface area contributed by atoms with Crippen molar-refractivity contribution in [2.75, 3.05) is 0 Å². The van der Waals surface area contributed by atoms with Crippen molar-refractivity contribution in [2.45, 2.75) is 85.5 Å². The average molecular weight is 288 g/mol. The van der Waals surface area contributed by atoms with Gasteiger partial charge in [-0.1, -0.05) is 59.1 Å². The standard InChI is InChI=1S/C20H32O/c1-7-8-9-10-11-18(21)14-19-15(2)12-17(13-16(19)3)20(4,5)6/h12-13H,7-11,14H2,1-6H3. The quantitative estimate of drug-likeness (QED) is 0.590. The second kappa shape index (κ2) is 7.77. The van der Waals surface area contributed by atoms with E-state index < -0.39 is 0 Å². The van der Waals surface area contributed by atoms with Crippen molar-refractivity contribution in [3.63, 3.8) is 0 Å². The fourth-order valence-corrected chi connectivity index (χ4v) is 2.74. The minimum absolute atomic E-state index is 0.165. The van der Waals surface area contributed by atoms with Crippen LogP contribution in [0.4, 0.5) is 0 Å². The van der Waals surface area contributed by atoms with E-state index in [9.17, 15) is 4.79 Å². The Morgan fingerprint density at radius 2 is 1.57 bits per heavy atom. The van der Waals surface area contributed by atoms with Crippen LogP contribution < -0.4 is 0 Å². The van der Waals surface area contributed by atoms with E-state index >= 15 is 0 Å². The van der Waals surface area contributed by atoms with Crippen LogP contribution in [0.5, 0.6) is 0 Å². The van der Waals surface area contributed by atoms with Gasteiger partial charge in [0.05, 0.1) is 0 Å². The summed E-state index contributed by atoms with van der Waals surface area (Å²) in [5, 5.41) is 0. The van der Waals surface area contributed by atoms with Gasteiger partial charge in [-0.25, -0.2) is 0 Å². The summed E-state index contributed by atoms with van der Waals surface area (Å²) >= 11 is 0. The van der Waals surface area contributed by atoms with Crippen LogP contribution in [0.2, 0.25) is 0 Å². The molecule has 1 aromatic carbocycles. The third-order valence-electron chi connectivity index (χ3n) is 4.25. The highest BCUT2D eigenvalue weighted by molar-refractivity contribution is 5.81. The summed E-state index contributed by atoms with van der Waals surface area (Å²) in [6, 6.07) is 4.51. The second-order valence-corrected chi connectivity index (χ2v) is 7.36. The van der Waals surface area contributed by atoms with Crippen molar-refractivity contribution in [1.29, 1.82) is 0 Å². The smallest absolute Gasteiger partial charge is 0.137 e. The molecule has 0 radical (unpaired) electrons. The van der Waals surface area contributed by atoms with Gasteiger partial charge in [0.1, 0.15) is 5.78 Å². The molecule has 0 aliphatic rings. The molecule has 0 fully saturated rings. The SMILES string of the molecule is CCCCCCC(=O)Cc1c(C)cc(C(C)(C)C)cc1C. The summed E-state index contributed by atoms with van der Waals surface area (Å²) in [6.45, 7) is 13.2. The van der Waals surface area contributed by atoms with Crippen LogP contribution in [0.15, 0.2) is 12.1 Å². The fourth-order valence-electron chi connectivity index (χ4n) is 2.74. The van der Waals surface area contributed by atoms with E-state index in [1.165, 1.54) is 41.5 Å². The molecule has 0 saturated heterocycles. The molecule has 0 amide bonds. The van der Waals surface area contributed by atoms with Crippen molar-refractivity contribution >= 4 is 5.78 Å². The van der Waals surface area contributed by atoms with E-state index in [0.29, 0.717) is 12.2 Å². The van der Waals surface area contributed by atoms with Gasteiger partial charge in [-0.15, -0.1) is 0 Å². The molecule has 1 aromatic rings. The molecule has 0 spiro atoms. The van der Waals surface area contributed by atoms with E-state index in [1.54, 1.807) is 0 Å². The summed E-state index contributed by atoms with van der Waals surface area (Å²) in [5.74, 6) is 0.390. The Morgan fingerprint density at radius 3 is 2.05 bits per heavy atom. The molecule has 1 heteroatoms. The summed E-state index contributed by atoms with van der Waals surface area (Å²) in [7, 11) is 0.